The fraction of sp³-hybridized carbons (Fsp3) is 0.278. The molecule has 4 N–H and O–H groups in total. The van der Waals surface area contributed by atoms with E-state index in [-0.39, 0.29) is 34.9 Å². The summed E-state index contributed by atoms with van der Waals surface area (Å²) in [6, 6.07) is 4.43. The highest BCUT2D eigenvalue weighted by molar-refractivity contribution is 8.00. The van der Waals surface area contributed by atoms with E-state index in [0.717, 1.165) is 4.90 Å². The number of carbonyl (C=O) groups is 4. The standard InChI is InChI=1S/C18H17N3O8S/c1-8(22)29-6-10-7-30-17-13(16(25)21(17)14(10)18(26)27)19-15(24)12(20-28)9-3-2-4-11(23)5-9/h2-5,13,17,23,28H,6-7H2,1H3,(H,19,24)(H,26,27)/t13-,17-/m1/s1. The number of esters is 1. The number of nitrogens with zero attached hydrogens (tertiary/aromatic N) is 2. The number of nitrogens with one attached hydrogen (secondary N) is 1. The topological polar surface area (TPSA) is 166 Å². The van der Waals surface area contributed by atoms with Crippen LogP contribution < -0.4 is 5.32 Å². The smallest absolute Gasteiger partial charge is 0.352 e. The van der Waals surface area contributed by atoms with Gasteiger partial charge in [-0.05, 0) is 12.1 Å². The molecule has 0 unspecified atom stereocenters. The number of β-lactam (4-membered cyclic amide) rings is 1. The lowest BCUT2D eigenvalue weighted by Gasteiger charge is -2.49. The minimum atomic E-state index is -1.35. The maximum atomic E-state index is 12.6. The molecule has 1 aromatic rings. The van der Waals surface area contributed by atoms with Gasteiger partial charge >= 0.3 is 11.9 Å². The second kappa shape index (κ2) is 8.45. The molecule has 30 heavy (non-hydrogen) atoms. The van der Waals surface area contributed by atoms with Gasteiger partial charge in [0.25, 0.3) is 11.8 Å². The third-order valence-electron chi connectivity index (χ3n) is 4.42. The molecule has 2 atom stereocenters. The highest BCUT2D eigenvalue weighted by atomic mass is 32.2. The maximum Gasteiger partial charge on any atom is 0.352 e. The van der Waals surface area contributed by atoms with Crippen LogP contribution in [0.25, 0.3) is 0 Å². The second-order valence-corrected chi connectivity index (χ2v) is 7.50. The molecule has 1 saturated heterocycles. The lowest BCUT2D eigenvalue weighted by molar-refractivity contribution is -0.150. The van der Waals surface area contributed by atoms with E-state index in [2.05, 4.69) is 10.5 Å². The van der Waals surface area contributed by atoms with Crippen LogP contribution in [0.5, 0.6) is 5.75 Å². The van der Waals surface area contributed by atoms with E-state index in [1.165, 1.54) is 43.0 Å². The van der Waals surface area contributed by atoms with Gasteiger partial charge in [-0.2, -0.15) is 0 Å². The number of phenolic OH excluding ortho intramolecular Hbond substituents is 1. The fourth-order valence-electron chi connectivity index (χ4n) is 3.08. The molecule has 0 saturated carbocycles. The Hall–Kier alpha value is -3.54. The zero-order valence-corrected chi connectivity index (χ0v) is 16.4. The van der Waals surface area contributed by atoms with Crippen LogP contribution in [-0.4, -0.2) is 73.6 Å². The number of thioether (sulfide) groups is 1. The summed E-state index contributed by atoms with van der Waals surface area (Å²) in [7, 11) is 0. The summed E-state index contributed by atoms with van der Waals surface area (Å²) in [4.78, 5) is 48.8. The number of aliphatic carboxylic acids is 1. The summed E-state index contributed by atoms with van der Waals surface area (Å²) in [5, 5.41) is 33.0. The molecule has 2 aliphatic heterocycles. The molecule has 0 radical (unpaired) electrons. The van der Waals surface area contributed by atoms with Gasteiger partial charge in [-0.3, -0.25) is 19.3 Å². The zero-order chi connectivity index (χ0) is 22.0. The quantitative estimate of drug-likeness (QED) is 0.157. The molecule has 11 nitrogen and oxygen atoms in total. The van der Waals surface area contributed by atoms with E-state index < -0.39 is 40.9 Å². The Kier molecular flexibility index (Phi) is 5.96. The number of phenols is 1. The van der Waals surface area contributed by atoms with Gasteiger partial charge in [-0.25, -0.2) is 4.79 Å². The number of rotatable bonds is 6. The third kappa shape index (κ3) is 3.94. The van der Waals surface area contributed by atoms with Crippen molar-refractivity contribution in [3.63, 3.8) is 0 Å². The van der Waals surface area contributed by atoms with Crippen LogP contribution in [0.1, 0.15) is 12.5 Å². The Bertz CT molecular complexity index is 989. The highest BCUT2D eigenvalue weighted by Gasteiger charge is 2.54. The van der Waals surface area contributed by atoms with Crippen LogP contribution in [0.3, 0.4) is 0 Å². The van der Waals surface area contributed by atoms with Gasteiger partial charge in [0.1, 0.15) is 29.5 Å². The predicted octanol–water partition coefficient (Wildman–Crippen LogP) is -0.128. The van der Waals surface area contributed by atoms with Crippen molar-refractivity contribution in [2.45, 2.75) is 18.3 Å². The molecule has 0 aliphatic carbocycles. The molecule has 2 amide bonds. The van der Waals surface area contributed by atoms with Gasteiger partial charge in [-0.15, -0.1) is 11.8 Å². The number of carbonyl (C=O) groups excluding carboxylic acids is 3. The summed E-state index contributed by atoms with van der Waals surface area (Å²) >= 11 is 1.20. The maximum absolute atomic E-state index is 12.6. The number of benzene rings is 1. The molecular weight excluding hydrogens is 418 g/mol. The van der Waals surface area contributed by atoms with Gasteiger partial charge in [-0.1, -0.05) is 17.3 Å². The van der Waals surface area contributed by atoms with E-state index in [4.69, 9.17) is 4.74 Å². The fourth-order valence-corrected chi connectivity index (χ4v) is 4.41. The van der Waals surface area contributed by atoms with Crippen molar-refractivity contribution in [3.05, 3.63) is 41.1 Å². The van der Waals surface area contributed by atoms with E-state index in [1.807, 2.05) is 0 Å². The number of oxime groups is 1. The molecule has 1 aromatic carbocycles. The SMILES string of the molecule is CC(=O)OCC1=C(C(=O)O)N2C(=O)[C@@H](NC(=O)C(=NO)c3cccc(O)c3)[C@H]2SC1. The molecule has 0 spiro atoms. The number of aromatic hydroxyl groups is 1. The zero-order valence-electron chi connectivity index (χ0n) is 15.6. The Labute approximate surface area is 174 Å². The Morgan fingerprint density at radius 1 is 1.37 bits per heavy atom. The molecule has 2 aliphatic rings. The predicted molar refractivity (Wildman–Crippen MR) is 103 cm³/mol. The van der Waals surface area contributed by atoms with Gasteiger partial charge in [0.05, 0.1) is 0 Å². The van der Waals surface area contributed by atoms with Gasteiger partial charge < -0.3 is 25.5 Å². The van der Waals surface area contributed by atoms with Crippen molar-refractivity contribution in [1.29, 1.82) is 0 Å². The Morgan fingerprint density at radius 3 is 2.70 bits per heavy atom. The Balaban J connectivity index is 1.77. The van der Waals surface area contributed by atoms with Crippen LogP contribution in [0.4, 0.5) is 0 Å². The lowest BCUT2D eigenvalue weighted by atomic mass is 10.0. The minimum absolute atomic E-state index is 0.129. The largest absolute Gasteiger partial charge is 0.508 e. The molecule has 3 rings (SSSR count). The molecule has 0 bridgehead atoms. The summed E-state index contributed by atoms with van der Waals surface area (Å²) in [5.74, 6) is -3.42. The van der Waals surface area contributed by atoms with Crippen LogP contribution >= 0.6 is 11.8 Å². The summed E-state index contributed by atoms with van der Waals surface area (Å²) in [6.45, 7) is 0.934. The van der Waals surface area contributed by atoms with Crippen LogP contribution in [0.15, 0.2) is 40.7 Å². The van der Waals surface area contributed by atoms with Gasteiger partial charge in [0.2, 0.25) is 0 Å². The highest BCUT2D eigenvalue weighted by Crippen LogP contribution is 2.40. The van der Waals surface area contributed by atoms with Crippen LogP contribution in [0, 0.1) is 0 Å². The summed E-state index contributed by atoms with van der Waals surface area (Å²) < 4.78 is 4.86. The normalized spacial score (nSPS) is 20.9. The minimum Gasteiger partial charge on any atom is -0.508 e. The molecule has 0 aromatic heterocycles. The Morgan fingerprint density at radius 2 is 2.10 bits per heavy atom. The average molecular weight is 435 g/mol. The number of hydrogen-bond donors (Lipinski definition) is 4. The van der Waals surface area contributed by atoms with Crippen molar-refractivity contribution < 1.29 is 39.3 Å². The molecule has 158 valence electrons. The first-order chi connectivity index (χ1) is 14.2. The number of amides is 2. The van der Waals surface area contributed by atoms with Crippen molar-refractivity contribution in [1.82, 2.24) is 10.2 Å². The van der Waals surface area contributed by atoms with E-state index in [9.17, 15) is 34.6 Å². The van der Waals surface area contributed by atoms with E-state index in [0.29, 0.717) is 0 Å². The summed E-state index contributed by atoms with van der Waals surface area (Å²) in [6.07, 6.45) is 0. The number of ether oxygens (including phenoxy) is 1. The van der Waals surface area contributed by atoms with Crippen molar-refractivity contribution >= 4 is 41.2 Å². The van der Waals surface area contributed by atoms with E-state index >= 15 is 0 Å². The molecular formula is C18H17N3O8S. The lowest BCUT2D eigenvalue weighted by Crippen LogP contribution is -2.71. The third-order valence-corrected chi connectivity index (χ3v) is 5.76. The van der Waals surface area contributed by atoms with Gasteiger partial charge in [0.15, 0.2) is 5.71 Å². The first-order valence-corrected chi connectivity index (χ1v) is 9.65. The van der Waals surface area contributed by atoms with Crippen molar-refractivity contribution in [2.24, 2.45) is 5.16 Å². The monoisotopic (exact) mass is 435 g/mol. The first kappa shape index (κ1) is 21.2. The number of hydrogen-bond acceptors (Lipinski definition) is 9. The molecule has 2 heterocycles. The van der Waals surface area contributed by atoms with Gasteiger partial charge in [0, 0.05) is 23.8 Å². The molecule has 12 heteroatoms. The van der Waals surface area contributed by atoms with Crippen LogP contribution in [-0.2, 0) is 23.9 Å². The number of fused-ring (bicyclic) bond motifs is 1. The summed E-state index contributed by atoms with van der Waals surface area (Å²) in [5.41, 5.74) is -0.291. The van der Waals surface area contributed by atoms with E-state index in [1.54, 1.807) is 0 Å². The molecule has 1 fully saturated rings. The number of carboxylic acids is 1. The second-order valence-electron chi connectivity index (χ2n) is 6.40. The van der Waals surface area contributed by atoms with Crippen LogP contribution in [0.2, 0.25) is 0 Å². The van der Waals surface area contributed by atoms with Crippen molar-refractivity contribution in [2.75, 3.05) is 12.4 Å². The first-order valence-electron chi connectivity index (χ1n) is 8.60. The average Bonchev–Trinajstić information content (AvgIpc) is 2.70. The van der Waals surface area contributed by atoms with Crippen molar-refractivity contribution in [3.8, 4) is 5.75 Å². The number of carboxylic acid groups (broad SMARTS) is 1.